The zero-order chi connectivity index (χ0) is 29.5. The highest BCUT2D eigenvalue weighted by molar-refractivity contribution is 5.99. The fourth-order valence-corrected chi connectivity index (χ4v) is 6.18. The number of ketones is 1. The topological polar surface area (TPSA) is 64.1 Å². The number of fused-ring (bicyclic) bond motifs is 1. The van der Waals surface area contributed by atoms with Crippen molar-refractivity contribution in [3.63, 3.8) is 0 Å². The molecule has 0 amide bonds. The summed E-state index contributed by atoms with van der Waals surface area (Å²) in [6.07, 6.45) is 12.3. The molecular weight excluding hydrogens is 525 g/mol. The Kier molecular flexibility index (Phi) is 9.96. The molecule has 2 aromatic carbocycles. The molecule has 1 atom stereocenters. The second kappa shape index (κ2) is 14.0. The molecule has 220 valence electrons. The van der Waals surface area contributed by atoms with Crippen LogP contribution in [0.4, 0.5) is 4.39 Å². The van der Waals surface area contributed by atoms with E-state index in [0.717, 1.165) is 83.5 Å². The van der Waals surface area contributed by atoms with Crippen molar-refractivity contribution >= 4 is 16.7 Å². The Hall–Kier alpha value is -3.64. The lowest BCUT2D eigenvalue weighted by molar-refractivity contribution is 0.0921. The van der Waals surface area contributed by atoms with Crippen molar-refractivity contribution in [2.75, 3.05) is 20.2 Å². The molecule has 2 aromatic heterocycles. The van der Waals surface area contributed by atoms with Crippen molar-refractivity contribution in [3.8, 4) is 16.9 Å². The summed E-state index contributed by atoms with van der Waals surface area (Å²) in [6.45, 7) is 6.43. The normalized spacial score (nSPS) is 14.7. The lowest BCUT2D eigenvalue weighted by atomic mass is 9.88. The summed E-state index contributed by atoms with van der Waals surface area (Å²) in [4.78, 5) is 22.6. The third-order valence-corrected chi connectivity index (χ3v) is 8.77. The number of methoxy groups -OCH3 is 1. The van der Waals surface area contributed by atoms with Gasteiger partial charge in [0.1, 0.15) is 0 Å². The van der Waals surface area contributed by atoms with Crippen LogP contribution >= 0.6 is 0 Å². The van der Waals surface area contributed by atoms with Gasteiger partial charge in [-0.25, -0.2) is 4.39 Å². The van der Waals surface area contributed by atoms with E-state index in [4.69, 9.17) is 9.72 Å². The summed E-state index contributed by atoms with van der Waals surface area (Å²) in [5, 5.41) is 4.40. The summed E-state index contributed by atoms with van der Waals surface area (Å²) in [7, 11) is 1.46. The first-order valence-electron chi connectivity index (χ1n) is 15.3. The van der Waals surface area contributed by atoms with E-state index >= 15 is 0 Å². The van der Waals surface area contributed by atoms with E-state index in [1.54, 1.807) is 18.5 Å². The Bertz CT molecular complexity index is 1530. The molecule has 42 heavy (non-hydrogen) atoms. The fraction of sp³-hybridized carbons (Fsp3) is 0.417. The van der Waals surface area contributed by atoms with E-state index in [1.165, 1.54) is 44.4 Å². The van der Waals surface area contributed by atoms with Gasteiger partial charge in [-0.15, -0.1) is 0 Å². The van der Waals surface area contributed by atoms with Crippen molar-refractivity contribution in [1.82, 2.24) is 15.3 Å². The Labute approximate surface area is 248 Å². The highest BCUT2D eigenvalue weighted by Gasteiger charge is 2.18. The number of hydrogen-bond acceptors (Lipinski definition) is 5. The van der Waals surface area contributed by atoms with Gasteiger partial charge in [0.2, 0.25) is 0 Å². The summed E-state index contributed by atoms with van der Waals surface area (Å²) < 4.78 is 19.3. The third kappa shape index (κ3) is 7.22. The van der Waals surface area contributed by atoms with Gasteiger partial charge in [0, 0.05) is 34.8 Å². The van der Waals surface area contributed by atoms with Crippen LogP contribution in [-0.4, -0.2) is 36.0 Å². The highest BCUT2D eigenvalue weighted by Crippen LogP contribution is 2.28. The number of carbonyl (C=O) groups excluding carboxylic acids is 1. The highest BCUT2D eigenvalue weighted by atomic mass is 19.1. The molecular formula is C36H42FN3O2. The van der Waals surface area contributed by atoms with Crippen LogP contribution in [0, 0.1) is 24.6 Å². The van der Waals surface area contributed by atoms with Crippen molar-refractivity contribution in [2.45, 2.75) is 65.2 Å². The number of unbranched alkanes of at least 4 members (excludes halogenated alkanes) is 1. The number of ether oxygens (including phenoxy) is 1. The van der Waals surface area contributed by atoms with Gasteiger partial charge in [-0.05, 0) is 99.0 Å². The summed E-state index contributed by atoms with van der Waals surface area (Å²) in [6, 6.07) is 15.1. The number of Topliss-reactive ketones (excluding diaryl/α,β-unsaturated/α-hetero) is 1. The molecule has 1 N–H and O–H groups in total. The molecule has 0 saturated carbocycles. The molecule has 1 fully saturated rings. The number of benzene rings is 2. The molecule has 1 saturated heterocycles. The second-order valence-electron chi connectivity index (χ2n) is 11.8. The SMILES string of the molecule is COc1ccc(-c2cnc3c(CCc4ccc(C(=O)C(C)CCCCC5CCNCC5)c(C)c4)nccc3c2)cc1F. The van der Waals surface area contributed by atoms with Crippen LogP contribution in [-0.2, 0) is 12.8 Å². The predicted molar refractivity (Wildman–Crippen MR) is 168 cm³/mol. The van der Waals surface area contributed by atoms with Crippen LogP contribution in [0.5, 0.6) is 5.75 Å². The standard InChI is InChI=1S/C36H42FN3O2/c1-24(6-4-5-7-26-14-17-38-18-15-26)36(41)31-11-8-27(20-25(31)2)9-12-33-35-29(16-19-39-33)21-30(23-40-35)28-10-13-34(42-3)32(37)22-28/h8,10-11,13,16,19-24,26,38H,4-7,9,12,14-15,17-18H2,1-3H3. The second-order valence-corrected chi connectivity index (χ2v) is 11.8. The van der Waals surface area contributed by atoms with Gasteiger partial charge < -0.3 is 10.1 Å². The number of aryl methyl sites for hydroxylation is 3. The van der Waals surface area contributed by atoms with E-state index in [-0.39, 0.29) is 17.5 Å². The molecule has 0 spiro atoms. The maximum atomic E-state index is 14.3. The van der Waals surface area contributed by atoms with Crippen molar-refractivity contribution < 1.29 is 13.9 Å². The Morgan fingerprint density at radius 2 is 1.86 bits per heavy atom. The summed E-state index contributed by atoms with van der Waals surface area (Å²) >= 11 is 0. The number of nitrogens with one attached hydrogen (secondary N) is 1. The average Bonchev–Trinajstić information content (AvgIpc) is 3.02. The van der Waals surface area contributed by atoms with Crippen LogP contribution < -0.4 is 10.1 Å². The maximum Gasteiger partial charge on any atom is 0.165 e. The van der Waals surface area contributed by atoms with Crippen LogP contribution in [0.2, 0.25) is 0 Å². The number of aromatic nitrogens is 2. The molecule has 3 heterocycles. The monoisotopic (exact) mass is 567 g/mol. The van der Waals surface area contributed by atoms with Crippen LogP contribution in [0.15, 0.2) is 60.9 Å². The first-order valence-corrected chi connectivity index (χ1v) is 15.3. The Balaban J connectivity index is 1.18. The molecule has 4 aromatic rings. The molecule has 1 aliphatic rings. The van der Waals surface area contributed by atoms with Crippen LogP contribution in [0.1, 0.15) is 72.6 Å². The van der Waals surface area contributed by atoms with Gasteiger partial charge in [-0.2, -0.15) is 0 Å². The molecule has 0 bridgehead atoms. The third-order valence-electron chi connectivity index (χ3n) is 8.77. The predicted octanol–water partition coefficient (Wildman–Crippen LogP) is 7.92. The largest absolute Gasteiger partial charge is 0.494 e. The minimum atomic E-state index is -0.397. The van der Waals surface area contributed by atoms with E-state index in [0.29, 0.717) is 0 Å². The smallest absolute Gasteiger partial charge is 0.165 e. The molecule has 0 radical (unpaired) electrons. The fourth-order valence-electron chi connectivity index (χ4n) is 6.18. The maximum absolute atomic E-state index is 14.3. The number of nitrogens with zero attached hydrogens (tertiary/aromatic N) is 2. The van der Waals surface area contributed by atoms with Crippen LogP contribution in [0.25, 0.3) is 22.0 Å². The van der Waals surface area contributed by atoms with E-state index < -0.39 is 5.82 Å². The number of piperidine rings is 1. The zero-order valence-electron chi connectivity index (χ0n) is 25.1. The average molecular weight is 568 g/mol. The van der Waals surface area contributed by atoms with Gasteiger partial charge in [-0.3, -0.25) is 14.8 Å². The molecule has 1 aliphatic heterocycles. The lowest BCUT2D eigenvalue weighted by Crippen LogP contribution is -2.27. The van der Waals surface area contributed by atoms with Gasteiger partial charge in [0.15, 0.2) is 17.3 Å². The first-order chi connectivity index (χ1) is 20.4. The molecule has 6 heteroatoms. The van der Waals surface area contributed by atoms with E-state index in [2.05, 4.69) is 29.4 Å². The van der Waals surface area contributed by atoms with Gasteiger partial charge in [0.05, 0.1) is 18.3 Å². The lowest BCUT2D eigenvalue weighted by Gasteiger charge is -2.22. The van der Waals surface area contributed by atoms with Crippen LogP contribution in [0.3, 0.4) is 0 Å². The Morgan fingerprint density at radius 1 is 1.02 bits per heavy atom. The molecule has 0 aliphatic carbocycles. The van der Waals surface area contributed by atoms with Gasteiger partial charge >= 0.3 is 0 Å². The van der Waals surface area contributed by atoms with Gasteiger partial charge in [-0.1, -0.05) is 50.5 Å². The minimum Gasteiger partial charge on any atom is -0.494 e. The number of pyridine rings is 2. The Morgan fingerprint density at radius 3 is 2.62 bits per heavy atom. The summed E-state index contributed by atoms with van der Waals surface area (Å²) in [5.41, 5.74) is 6.44. The molecule has 1 unspecified atom stereocenters. The number of halogens is 1. The van der Waals surface area contributed by atoms with Gasteiger partial charge in [0.25, 0.3) is 0 Å². The number of carbonyl (C=O) groups is 1. The first kappa shape index (κ1) is 29.8. The zero-order valence-corrected chi connectivity index (χ0v) is 25.1. The number of rotatable bonds is 12. The van der Waals surface area contributed by atoms with E-state index in [1.807, 2.05) is 31.2 Å². The summed E-state index contributed by atoms with van der Waals surface area (Å²) in [5.74, 6) is 0.987. The van der Waals surface area contributed by atoms with Crippen molar-refractivity contribution in [3.05, 3.63) is 89.1 Å². The number of hydrogen-bond donors (Lipinski definition) is 1. The van der Waals surface area contributed by atoms with E-state index in [9.17, 15) is 9.18 Å². The van der Waals surface area contributed by atoms with Crippen molar-refractivity contribution in [2.24, 2.45) is 11.8 Å². The minimum absolute atomic E-state index is 0.0489. The quantitative estimate of drug-likeness (QED) is 0.139. The molecule has 5 nitrogen and oxygen atoms in total. The molecule has 5 rings (SSSR count). The van der Waals surface area contributed by atoms with Crippen molar-refractivity contribution in [1.29, 1.82) is 0 Å².